The number of carboxylic acids is 3. The number of hydrogen-bond donors (Lipinski definition) is 10. The van der Waals surface area contributed by atoms with Crippen LogP contribution in [0.5, 0.6) is 11.5 Å². The van der Waals surface area contributed by atoms with Crippen molar-refractivity contribution in [3.05, 3.63) is 72.1 Å². The molecule has 0 aliphatic carbocycles. The monoisotopic (exact) mass is 1830 g/mol. The minimum atomic E-state index is -3.24. The standard InChI is InChI=1S/C83H109F4N19O24/c84-82(85)41-57(43-88)105(49-82)75(115)45-95-78(119)61-13-18-90-65-7-5-59(39-63(61)65)129-31-3-1-16-92-69(109)11-9-67(80(121)122)97-71(111)37-56(103-29-30-104(51-103)74(114)15-33-125-35-36-126-34-20-94-73(113)47-99-21-22-100(48-77(117)118)24-26-102(53-128-55-108)28-27-101(25-23-99)52-127-54-107)38-72(112)98-68(81(123)124)10-12-70(110)93-17-2-4-32-130-60-6-8-66-64(40-60)62(14-19-91-66)79(120)96-46-76(116)106-50-83(86,87)42-58(106)44-89/h5-8,13-14,18-19,39-40,54-58,67-68H,1-4,9-12,15-17,20-38,41-42,45-53H2,(H,92,109)(H,93,110)(H,94,113)(H,95,119)(H,96,120)(H,97,111)(H,98,112)(H,117,118)(H,121,122)(H,123,124)/t56?,57-,58+,67-,68-/m1/s1. The second-order valence-corrected chi connectivity index (χ2v) is 31.2. The van der Waals surface area contributed by atoms with Gasteiger partial charge in [0.1, 0.15) is 49.1 Å². The molecule has 0 bridgehead atoms. The molecule has 47 heteroatoms. The summed E-state index contributed by atoms with van der Waals surface area (Å²) in [4.78, 5) is 212. The van der Waals surface area contributed by atoms with E-state index in [-0.39, 0.29) is 161 Å². The van der Waals surface area contributed by atoms with Crippen LogP contribution < -0.4 is 46.7 Å². The summed E-state index contributed by atoms with van der Waals surface area (Å²) in [6.45, 7) is 0.734. The van der Waals surface area contributed by atoms with E-state index in [9.17, 15) is 115 Å². The maximum Gasteiger partial charge on any atom is 0.326 e. The van der Waals surface area contributed by atoms with E-state index in [0.717, 1.165) is 9.80 Å². The van der Waals surface area contributed by atoms with E-state index in [1.807, 2.05) is 14.7 Å². The maximum absolute atomic E-state index is 14.0. The van der Waals surface area contributed by atoms with Gasteiger partial charge in [-0.1, -0.05) is 0 Å². The molecule has 130 heavy (non-hydrogen) atoms. The summed E-state index contributed by atoms with van der Waals surface area (Å²) in [5.41, 5.74) is 1.000. The number of halogens is 4. The van der Waals surface area contributed by atoms with Crippen molar-refractivity contribution in [2.45, 2.75) is 126 Å². The van der Waals surface area contributed by atoms with E-state index < -0.39 is 159 Å². The third kappa shape index (κ3) is 34.7. The number of ether oxygens (including phenoxy) is 6. The predicted molar refractivity (Wildman–Crippen MR) is 446 cm³/mol. The van der Waals surface area contributed by atoms with Gasteiger partial charge in [0, 0.05) is 153 Å². The van der Waals surface area contributed by atoms with Crippen LogP contribution in [0.25, 0.3) is 21.8 Å². The number of rotatable bonds is 52. The number of carbonyl (C=O) groups is 15. The molecule has 10 amide bonds. The van der Waals surface area contributed by atoms with E-state index in [1.54, 1.807) is 58.3 Å². The van der Waals surface area contributed by atoms with E-state index in [0.29, 0.717) is 124 Å². The van der Waals surface area contributed by atoms with Crippen LogP contribution in [0.1, 0.15) is 104 Å². The largest absolute Gasteiger partial charge is 0.494 e. The number of carboxylic acid groups (broad SMARTS) is 3. The molecule has 43 nitrogen and oxygen atoms in total. The number of alkyl halides is 4. The average molecular weight is 1830 g/mol. The molecule has 4 aromatic rings. The number of nitriles is 2. The molecule has 1 unspecified atom stereocenters. The smallest absolute Gasteiger partial charge is 0.326 e. The number of amides is 10. The van der Waals surface area contributed by atoms with Gasteiger partial charge in [0.2, 0.25) is 47.3 Å². The first-order valence-corrected chi connectivity index (χ1v) is 42.3. The minimum Gasteiger partial charge on any atom is -0.494 e. The van der Waals surface area contributed by atoms with Gasteiger partial charge < -0.3 is 95.7 Å². The molecular weight excluding hydrogens is 1720 g/mol. The molecule has 708 valence electrons. The van der Waals surface area contributed by atoms with Gasteiger partial charge in [0.15, 0.2) is 0 Å². The zero-order valence-electron chi connectivity index (χ0n) is 71.6. The number of pyridine rings is 2. The molecule has 4 saturated heterocycles. The Hall–Kier alpha value is -12.7. The number of nitrogens with zero attached hydrogens (tertiary/aromatic N) is 12. The van der Waals surface area contributed by atoms with Crippen molar-refractivity contribution in [1.29, 1.82) is 10.5 Å². The highest BCUT2D eigenvalue weighted by Crippen LogP contribution is 2.34. The lowest BCUT2D eigenvalue weighted by atomic mass is 10.1. The van der Waals surface area contributed by atoms with Crippen molar-refractivity contribution in [2.24, 2.45) is 0 Å². The minimum absolute atomic E-state index is 0.0257. The number of aliphatic carboxylic acids is 3. The molecule has 4 aliphatic heterocycles. The zero-order valence-corrected chi connectivity index (χ0v) is 71.6. The summed E-state index contributed by atoms with van der Waals surface area (Å²) in [6, 6.07) is 8.66. The fourth-order valence-corrected chi connectivity index (χ4v) is 14.6. The highest BCUT2D eigenvalue weighted by Gasteiger charge is 2.49. The van der Waals surface area contributed by atoms with Crippen molar-refractivity contribution in [1.82, 2.24) is 86.4 Å². The average Bonchev–Trinajstić information content (AvgIpc) is 1.13. The van der Waals surface area contributed by atoms with E-state index in [4.69, 9.17) is 28.4 Å². The lowest BCUT2D eigenvalue weighted by Crippen LogP contribution is -2.49. The van der Waals surface area contributed by atoms with E-state index in [1.165, 1.54) is 29.4 Å². The van der Waals surface area contributed by atoms with Crippen LogP contribution in [0.4, 0.5) is 17.6 Å². The second-order valence-electron chi connectivity index (χ2n) is 31.2. The zero-order chi connectivity index (χ0) is 94.1. The normalized spacial score (nSPS) is 17.5. The number of unbranched alkanes of at least 4 members (excludes halogenated alkanes) is 2. The van der Waals surface area contributed by atoms with Gasteiger partial charge in [0.05, 0.1) is 126 Å². The lowest BCUT2D eigenvalue weighted by molar-refractivity contribution is -0.143. The highest BCUT2D eigenvalue weighted by atomic mass is 19.3. The Bertz CT molecular complexity index is 4450. The summed E-state index contributed by atoms with van der Waals surface area (Å²) in [7, 11) is 0. The Labute approximate surface area is 744 Å². The summed E-state index contributed by atoms with van der Waals surface area (Å²) in [5.74, 6) is -16.6. The molecule has 2 aromatic carbocycles. The van der Waals surface area contributed by atoms with E-state index in [2.05, 4.69) is 47.2 Å². The molecule has 4 fully saturated rings. The number of likely N-dealkylation sites (tertiary alicyclic amines) is 2. The predicted octanol–water partition coefficient (Wildman–Crippen LogP) is -0.931. The van der Waals surface area contributed by atoms with Crippen LogP contribution in [0.2, 0.25) is 0 Å². The third-order valence-corrected chi connectivity index (χ3v) is 21.5. The van der Waals surface area contributed by atoms with Crippen molar-refractivity contribution in [2.75, 3.05) is 184 Å². The Morgan fingerprint density at radius 3 is 1.37 bits per heavy atom. The summed E-state index contributed by atoms with van der Waals surface area (Å²) in [5, 5.41) is 67.2. The number of hydrogen-bond acceptors (Lipinski definition) is 30. The SMILES string of the molecule is N#C[C@@H]1CC(F)(F)CN1C(=O)CNC(=O)c1ccnc2ccc(OCCCCNC(=O)CC[C@@H](NC(=O)CC(CC(=O)N[C@H](CCC(=O)NCCCCOc3ccc4nccc(C(=O)NCC(=O)N5CC(F)(F)C[C@@H]5C#N)c4c3)C(=O)O)N3CCN(C(=O)CCOCCOCCNC(=O)CN4CCN(COC=O)CCN(COC=O)CCN(CC(=O)O)CC4)C3)C(=O)O)cc12. The van der Waals surface area contributed by atoms with Crippen LogP contribution in [0, 0.1) is 22.7 Å². The van der Waals surface area contributed by atoms with Crippen molar-refractivity contribution >= 4 is 112 Å². The molecule has 6 heterocycles. The molecule has 0 radical (unpaired) electrons. The number of benzene rings is 2. The quantitative estimate of drug-likeness (QED) is 0.0145. The van der Waals surface area contributed by atoms with Gasteiger partial charge >= 0.3 is 17.9 Å². The van der Waals surface area contributed by atoms with Gasteiger partial charge in [-0.3, -0.25) is 96.8 Å². The Morgan fingerprint density at radius 2 is 0.931 bits per heavy atom. The third-order valence-electron chi connectivity index (χ3n) is 21.5. The van der Waals surface area contributed by atoms with Crippen molar-refractivity contribution in [3.63, 3.8) is 0 Å². The lowest BCUT2D eigenvalue weighted by Gasteiger charge is -2.33. The fourth-order valence-electron chi connectivity index (χ4n) is 14.6. The maximum atomic E-state index is 14.0. The molecule has 8 rings (SSSR count). The van der Waals surface area contributed by atoms with Crippen LogP contribution in [-0.4, -0.2) is 381 Å². The number of carbonyl (C=O) groups excluding carboxylic acids is 12. The van der Waals surface area contributed by atoms with E-state index >= 15 is 0 Å². The molecule has 5 atom stereocenters. The number of fused-ring (bicyclic) bond motifs is 2. The molecule has 10 N–H and O–H groups in total. The number of aromatic nitrogens is 2. The summed E-state index contributed by atoms with van der Waals surface area (Å²) in [6.07, 6.45) is -0.0318. The van der Waals surface area contributed by atoms with Gasteiger partial charge in [-0.15, -0.1) is 0 Å². The molecule has 2 aromatic heterocycles. The second kappa shape index (κ2) is 52.7. The molecule has 0 spiro atoms. The van der Waals surface area contributed by atoms with Gasteiger partial charge in [-0.05, 0) is 87.1 Å². The van der Waals surface area contributed by atoms with Crippen LogP contribution in [-0.2, 0) is 81.3 Å². The van der Waals surface area contributed by atoms with Crippen molar-refractivity contribution in [3.8, 4) is 23.6 Å². The first-order chi connectivity index (χ1) is 62.3. The van der Waals surface area contributed by atoms with Crippen LogP contribution in [0.3, 0.4) is 0 Å². The molecule has 4 aliphatic rings. The first kappa shape index (κ1) is 103. The number of nitrogens with one attached hydrogen (secondary N) is 7. The van der Waals surface area contributed by atoms with Gasteiger partial charge in [-0.25, -0.2) is 27.2 Å². The summed E-state index contributed by atoms with van der Waals surface area (Å²) < 4.78 is 89.0. The molecule has 0 saturated carbocycles. The van der Waals surface area contributed by atoms with Crippen LogP contribution in [0.15, 0.2) is 60.9 Å². The first-order valence-electron chi connectivity index (χ1n) is 42.3. The molecular formula is C83H109F4N19O24. The van der Waals surface area contributed by atoms with Crippen molar-refractivity contribution < 1.29 is 133 Å². The fraction of sp³-hybridized carbons (Fsp3) is 0.578. The topological polar surface area (TPSA) is 556 Å². The summed E-state index contributed by atoms with van der Waals surface area (Å²) >= 11 is 0. The highest BCUT2D eigenvalue weighted by molar-refractivity contribution is 6.08. The van der Waals surface area contributed by atoms with Crippen LogP contribution >= 0.6 is 0 Å². The Kier molecular flexibility index (Phi) is 41.6. The van der Waals surface area contributed by atoms with Gasteiger partial charge in [0.25, 0.3) is 36.6 Å². The Morgan fingerprint density at radius 1 is 0.492 bits per heavy atom. The Balaban J connectivity index is 0.781. The van der Waals surface area contributed by atoms with Gasteiger partial charge in [-0.2, -0.15) is 10.5 Å².